The molecular weight excluding hydrogens is 362 g/mol. The maximum atomic E-state index is 11.0. The van der Waals surface area contributed by atoms with E-state index in [0.717, 1.165) is 5.56 Å². The predicted molar refractivity (Wildman–Crippen MR) is 103 cm³/mol. The van der Waals surface area contributed by atoms with E-state index in [-0.39, 0.29) is 5.69 Å². The average Bonchev–Trinajstić information content (AvgIpc) is 3.19. The first-order valence-electron chi connectivity index (χ1n) is 8.85. The van der Waals surface area contributed by atoms with E-state index in [1.807, 2.05) is 32.0 Å². The number of nitrogens with zero attached hydrogens (tertiary/aromatic N) is 3. The number of non-ortho nitro benzene ring substituents is 1. The molecule has 0 aliphatic heterocycles. The summed E-state index contributed by atoms with van der Waals surface area (Å²) < 4.78 is 11.2. The summed E-state index contributed by atoms with van der Waals surface area (Å²) in [6.45, 7) is 4.82. The van der Waals surface area contributed by atoms with E-state index < -0.39 is 11.0 Å². The highest BCUT2D eigenvalue weighted by atomic mass is 16.6. The Morgan fingerprint density at radius 3 is 2.61 bits per heavy atom. The topological polar surface area (TPSA) is 129 Å². The van der Waals surface area contributed by atoms with Gasteiger partial charge in [0.25, 0.3) is 5.69 Å². The van der Waals surface area contributed by atoms with Crippen LogP contribution in [0.3, 0.4) is 0 Å². The number of nitro benzene ring substituents is 1. The van der Waals surface area contributed by atoms with E-state index in [9.17, 15) is 10.1 Å². The molecule has 1 heterocycles. The van der Waals surface area contributed by atoms with Crippen LogP contribution in [-0.4, -0.2) is 33.3 Å². The van der Waals surface area contributed by atoms with Crippen LogP contribution in [0.1, 0.15) is 31.3 Å². The van der Waals surface area contributed by atoms with Crippen molar-refractivity contribution >= 4 is 5.69 Å². The Kier molecular flexibility index (Phi) is 5.85. The molecule has 0 amide bonds. The number of rotatable bonds is 8. The summed E-state index contributed by atoms with van der Waals surface area (Å²) in [6.07, 6.45) is 0. The smallest absolute Gasteiger partial charge is 0.270 e. The van der Waals surface area contributed by atoms with Crippen molar-refractivity contribution in [3.8, 4) is 22.9 Å². The Labute approximate surface area is 161 Å². The molecule has 3 aromatic rings. The fourth-order valence-electron chi connectivity index (χ4n) is 2.72. The Hall–Kier alpha value is -3.46. The lowest BCUT2D eigenvalue weighted by Gasteiger charge is -2.14. The molecule has 9 nitrogen and oxygen atoms in total. The van der Waals surface area contributed by atoms with Crippen LogP contribution < -0.4 is 15.2 Å². The van der Waals surface area contributed by atoms with Gasteiger partial charge in [0, 0.05) is 17.7 Å². The third kappa shape index (κ3) is 4.09. The van der Waals surface area contributed by atoms with Crippen molar-refractivity contribution in [1.82, 2.24) is 15.2 Å². The summed E-state index contributed by atoms with van der Waals surface area (Å²) in [4.78, 5) is 14.9. The number of benzene rings is 2. The van der Waals surface area contributed by atoms with Gasteiger partial charge in [-0.3, -0.25) is 15.2 Å². The van der Waals surface area contributed by atoms with Crippen molar-refractivity contribution in [2.24, 2.45) is 5.73 Å². The van der Waals surface area contributed by atoms with Gasteiger partial charge in [-0.2, -0.15) is 5.10 Å². The zero-order valence-corrected chi connectivity index (χ0v) is 15.6. The van der Waals surface area contributed by atoms with Crippen molar-refractivity contribution < 1.29 is 14.4 Å². The first-order valence-corrected chi connectivity index (χ1v) is 8.85. The molecule has 0 spiro atoms. The monoisotopic (exact) mass is 383 g/mol. The maximum Gasteiger partial charge on any atom is 0.270 e. The molecule has 3 rings (SSSR count). The number of H-pyrrole nitrogens is 1. The van der Waals surface area contributed by atoms with Crippen LogP contribution in [0.4, 0.5) is 5.69 Å². The molecule has 9 heteroatoms. The molecule has 0 radical (unpaired) electrons. The second kappa shape index (κ2) is 8.49. The fraction of sp³-hybridized carbons (Fsp3) is 0.263. The van der Waals surface area contributed by atoms with Crippen LogP contribution >= 0.6 is 0 Å². The average molecular weight is 383 g/mol. The minimum absolute atomic E-state index is 0.0268. The lowest BCUT2D eigenvalue weighted by atomic mass is 10.1. The lowest BCUT2D eigenvalue weighted by Crippen LogP contribution is -2.14. The van der Waals surface area contributed by atoms with Crippen molar-refractivity contribution in [3.05, 3.63) is 64.0 Å². The maximum absolute atomic E-state index is 11.0. The van der Waals surface area contributed by atoms with E-state index in [0.29, 0.717) is 41.9 Å². The van der Waals surface area contributed by atoms with Crippen molar-refractivity contribution in [2.75, 3.05) is 13.2 Å². The summed E-state index contributed by atoms with van der Waals surface area (Å²) in [5, 5.41) is 17.9. The quantitative estimate of drug-likeness (QED) is 0.451. The Balaban J connectivity index is 1.88. The highest BCUT2D eigenvalue weighted by Gasteiger charge is 2.18. The molecule has 0 aliphatic rings. The van der Waals surface area contributed by atoms with Gasteiger partial charge in [-0.25, -0.2) is 4.98 Å². The van der Waals surface area contributed by atoms with Crippen LogP contribution in [0, 0.1) is 10.1 Å². The van der Waals surface area contributed by atoms with E-state index in [1.54, 1.807) is 12.1 Å². The lowest BCUT2D eigenvalue weighted by molar-refractivity contribution is -0.384. The number of aromatic amines is 1. The summed E-state index contributed by atoms with van der Waals surface area (Å²) in [6, 6.07) is 11.0. The molecule has 0 bridgehead atoms. The van der Waals surface area contributed by atoms with Crippen LogP contribution in [0.15, 0.2) is 42.5 Å². The zero-order valence-electron chi connectivity index (χ0n) is 15.6. The Bertz CT molecular complexity index is 972. The van der Waals surface area contributed by atoms with Crippen molar-refractivity contribution in [1.29, 1.82) is 0 Å². The highest BCUT2D eigenvalue weighted by molar-refractivity contribution is 5.59. The summed E-state index contributed by atoms with van der Waals surface area (Å²) in [7, 11) is 0. The molecule has 146 valence electrons. The predicted octanol–water partition coefficient (Wildman–Crippen LogP) is 3.23. The van der Waals surface area contributed by atoms with Gasteiger partial charge in [-0.1, -0.05) is 18.2 Å². The Morgan fingerprint density at radius 1 is 1.14 bits per heavy atom. The molecule has 2 aromatic carbocycles. The largest absolute Gasteiger partial charge is 0.490 e. The van der Waals surface area contributed by atoms with Crippen molar-refractivity contribution in [3.63, 3.8) is 0 Å². The first-order chi connectivity index (χ1) is 13.5. The third-order valence-electron chi connectivity index (χ3n) is 4.04. The number of hydrogen-bond acceptors (Lipinski definition) is 7. The molecule has 28 heavy (non-hydrogen) atoms. The summed E-state index contributed by atoms with van der Waals surface area (Å²) >= 11 is 0. The first kappa shape index (κ1) is 19.3. The van der Waals surface area contributed by atoms with Gasteiger partial charge < -0.3 is 15.2 Å². The second-order valence-corrected chi connectivity index (χ2v) is 5.90. The number of nitrogens with two attached hydrogens (primary N) is 1. The number of aromatic nitrogens is 3. The number of ether oxygens (including phenoxy) is 2. The van der Waals surface area contributed by atoms with Gasteiger partial charge in [-0.05, 0) is 31.5 Å². The van der Waals surface area contributed by atoms with Crippen LogP contribution in [-0.2, 0) is 0 Å². The van der Waals surface area contributed by atoms with Crippen LogP contribution in [0.2, 0.25) is 0 Å². The Morgan fingerprint density at radius 2 is 1.89 bits per heavy atom. The van der Waals surface area contributed by atoms with E-state index in [4.69, 9.17) is 15.2 Å². The standard InChI is InChI=1S/C19H21N5O4/c1-3-27-15-9-8-12(11-16(15)28-4-2)17(20)19-21-18(22-23-19)13-6-5-7-14(10-13)24(25)26/h5-11,17H,3-4,20H2,1-2H3,(H,21,22,23)/t17-/m0/s1. The van der Waals surface area contributed by atoms with Gasteiger partial charge in [0.15, 0.2) is 17.3 Å². The van der Waals surface area contributed by atoms with Gasteiger partial charge in [0.1, 0.15) is 5.82 Å². The number of nitrogens with one attached hydrogen (secondary N) is 1. The molecule has 0 aliphatic carbocycles. The number of hydrogen-bond donors (Lipinski definition) is 2. The SMILES string of the molecule is CCOc1ccc([C@H](N)c2nc(-c3cccc([N+](=O)[O-])c3)n[nH]2)cc1OCC. The minimum atomic E-state index is -0.574. The van der Waals surface area contributed by atoms with Gasteiger partial charge in [0.2, 0.25) is 0 Å². The van der Waals surface area contributed by atoms with Gasteiger partial charge in [0.05, 0.1) is 24.2 Å². The highest BCUT2D eigenvalue weighted by Crippen LogP contribution is 2.32. The molecule has 0 saturated carbocycles. The van der Waals surface area contributed by atoms with Gasteiger partial charge in [-0.15, -0.1) is 0 Å². The fourth-order valence-corrected chi connectivity index (χ4v) is 2.72. The molecule has 1 atom stereocenters. The third-order valence-corrected chi connectivity index (χ3v) is 4.04. The van der Waals surface area contributed by atoms with E-state index in [2.05, 4.69) is 15.2 Å². The molecule has 0 unspecified atom stereocenters. The molecular formula is C19H21N5O4. The van der Waals surface area contributed by atoms with Gasteiger partial charge >= 0.3 is 0 Å². The molecule has 3 N–H and O–H groups in total. The zero-order chi connectivity index (χ0) is 20.1. The van der Waals surface area contributed by atoms with Crippen LogP contribution in [0.5, 0.6) is 11.5 Å². The summed E-state index contributed by atoms with van der Waals surface area (Å²) in [5.74, 6) is 2.03. The van der Waals surface area contributed by atoms with E-state index in [1.165, 1.54) is 12.1 Å². The molecule has 0 saturated heterocycles. The van der Waals surface area contributed by atoms with Crippen LogP contribution in [0.25, 0.3) is 11.4 Å². The second-order valence-electron chi connectivity index (χ2n) is 5.90. The number of nitro groups is 1. The van der Waals surface area contributed by atoms with E-state index >= 15 is 0 Å². The minimum Gasteiger partial charge on any atom is -0.490 e. The summed E-state index contributed by atoms with van der Waals surface area (Å²) in [5.41, 5.74) is 7.61. The van der Waals surface area contributed by atoms with Crippen molar-refractivity contribution in [2.45, 2.75) is 19.9 Å². The normalized spacial score (nSPS) is 11.8. The molecule has 0 fully saturated rings. The molecule has 1 aromatic heterocycles.